The summed E-state index contributed by atoms with van der Waals surface area (Å²) in [6, 6.07) is 21.1. The Balaban J connectivity index is 1.57. The van der Waals surface area contributed by atoms with Crippen LogP contribution in [-0.4, -0.2) is 22.7 Å². The number of hydrogen-bond acceptors (Lipinski definition) is 5. The number of rotatable bonds is 11. The number of halogens is 3. The van der Waals surface area contributed by atoms with Gasteiger partial charge in [0.05, 0.1) is 11.3 Å². The van der Waals surface area contributed by atoms with Crippen LogP contribution in [0.1, 0.15) is 45.4 Å². The molecule has 9 heteroatoms. The number of thiazole rings is 1. The lowest BCUT2D eigenvalue weighted by Gasteiger charge is -2.17. The Hall–Kier alpha value is -3.30. The second kappa shape index (κ2) is 12.7. The predicted molar refractivity (Wildman–Crippen MR) is 150 cm³/mol. The lowest BCUT2D eigenvalue weighted by molar-refractivity contribution is -0.139. The highest BCUT2D eigenvalue weighted by Crippen LogP contribution is 2.45. The van der Waals surface area contributed by atoms with Gasteiger partial charge in [-0.3, -0.25) is 0 Å². The van der Waals surface area contributed by atoms with Gasteiger partial charge in [0.2, 0.25) is 0 Å². The molecule has 0 aliphatic rings. The summed E-state index contributed by atoms with van der Waals surface area (Å²) in [5.74, 6) is -0.503. The van der Waals surface area contributed by atoms with E-state index in [1.807, 2.05) is 44.2 Å². The lowest BCUT2D eigenvalue weighted by Crippen LogP contribution is -2.10. The van der Waals surface area contributed by atoms with Crippen LogP contribution in [0.5, 0.6) is 5.75 Å². The van der Waals surface area contributed by atoms with Gasteiger partial charge in [-0.2, -0.15) is 13.2 Å². The van der Waals surface area contributed by atoms with Gasteiger partial charge < -0.3 is 9.84 Å². The van der Waals surface area contributed by atoms with Gasteiger partial charge in [-0.1, -0.05) is 42.5 Å². The molecular weight excluding hydrogens is 543 g/mol. The molecule has 0 aliphatic heterocycles. The first-order chi connectivity index (χ1) is 18.6. The topological polar surface area (TPSA) is 59.4 Å². The Bertz CT molecular complexity index is 1400. The van der Waals surface area contributed by atoms with Crippen LogP contribution in [0.15, 0.2) is 77.7 Å². The number of thioether (sulfide) groups is 1. The van der Waals surface area contributed by atoms with Crippen LogP contribution in [0.2, 0.25) is 0 Å². The van der Waals surface area contributed by atoms with Crippen molar-refractivity contribution < 1.29 is 27.8 Å². The molecule has 4 nitrogen and oxygen atoms in total. The SMILES string of the molecule is Cc1cc(SC(CCCc2ccccc2)c2sc(-c3ccc(C(F)(F)F)cc3)nc2C)ccc1OCC(=O)O. The molecule has 204 valence electrons. The fraction of sp³-hybridized carbons (Fsp3) is 0.267. The van der Waals surface area contributed by atoms with E-state index in [1.165, 1.54) is 29.0 Å². The normalized spacial score (nSPS) is 12.3. The molecule has 0 saturated heterocycles. The monoisotopic (exact) mass is 571 g/mol. The average Bonchev–Trinajstić information content (AvgIpc) is 3.29. The van der Waals surface area contributed by atoms with Crippen LogP contribution < -0.4 is 4.74 Å². The predicted octanol–water partition coefficient (Wildman–Crippen LogP) is 8.77. The van der Waals surface area contributed by atoms with Crippen molar-refractivity contribution >= 4 is 29.1 Å². The van der Waals surface area contributed by atoms with E-state index in [1.54, 1.807) is 17.8 Å². The molecule has 4 aromatic rings. The average molecular weight is 572 g/mol. The number of aliphatic carboxylic acids is 1. The van der Waals surface area contributed by atoms with Gasteiger partial charge in [0.25, 0.3) is 0 Å². The highest BCUT2D eigenvalue weighted by Gasteiger charge is 2.30. The van der Waals surface area contributed by atoms with E-state index >= 15 is 0 Å². The second-order valence-electron chi connectivity index (χ2n) is 9.14. The molecule has 39 heavy (non-hydrogen) atoms. The Morgan fingerprint density at radius 1 is 1.05 bits per heavy atom. The first-order valence-corrected chi connectivity index (χ1v) is 14.1. The maximum Gasteiger partial charge on any atom is 0.416 e. The van der Waals surface area contributed by atoms with Crippen LogP contribution in [0.3, 0.4) is 0 Å². The van der Waals surface area contributed by atoms with Crippen LogP contribution in [0.25, 0.3) is 10.6 Å². The van der Waals surface area contributed by atoms with Crippen LogP contribution in [0.4, 0.5) is 13.2 Å². The minimum absolute atomic E-state index is 0.0830. The third-order valence-electron chi connectivity index (χ3n) is 6.13. The fourth-order valence-corrected chi connectivity index (χ4v) is 6.83. The zero-order chi connectivity index (χ0) is 28.0. The quantitative estimate of drug-likeness (QED) is 0.182. The minimum Gasteiger partial charge on any atom is -0.482 e. The summed E-state index contributed by atoms with van der Waals surface area (Å²) in [6.45, 7) is 3.42. The smallest absolute Gasteiger partial charge is 0.416 e. The van der Waals surface area contributed by atoms with Crippen LogP contribution in [-0.2, 0) is 17.4 Å². The molecule has 0 spiro atoms. The lowest BCUT2D eigenvalue weighted by atomic mass is 10.1. The van der Waals surface area contributed by atoms with Crippen molar-refractivity contribution in [3.05, 3.63) is 100 Å². The first kappa shape index (κ1) is 28.7. The summed E-state index contributed by atoms with van der Waals surface area (Å²) in [4.78, 5) is 17.7. The van der Waals surface area contributed by atoms with Gasteiger partial charge in [-0.05, 0) is 74.6 Å². The Morgan fingerprint density at radius 3 is 2.41 bits per heavy atom. The molecule has 0 saturated carbocycles. The summed E-state index contributed by atoms with van der Waals surface area (Å²) in [5, 5.41) is 9.68. The number of carboxylic acid groups (broad SMARTS) is 1. The van der Waals surface area contributed by atoms with Crippen molar-refractivity contribution in [1.82, 2.24) is 4.98 Å². The number of hydrogen-bond donors (Lipinski definition) is 1. The van der Waals surface area contributed by atoms with Crippen LogP contribution >= 0.6 is 23.1 Å². The summed E-state index contributed by atoms with van der Waals surface area (Å²) in [5.41, 5.74) is 2.95. The third kappa shape index (κ3) is 7.86. The van der Waals surface area contributed by atoms with Gasteiger partial charge in [0.1, 0.15) is 10.8 Å². The highest BCUT2D eigenvalue weighted by atomic mass is 32.2. The zero-order valence-corrected chi connectivity index (χ0v) is 23.1. The summed E-state index contributed by atoms with van der Waals surface area (Å²) in [6.07, 6.45) is -1.61. The molecule has 1 unspecified atom stereocenters. The van der Waals surface area contributed by atoms with Gasteiger partial charge in [-0.15, -0.1) is 23.1 Å². The summed E-state index contributed by atoms with van der Waals surface area (Å²) < 4.78 is 44.4. The van der Waals surface area contributed by atoms with E-state index in [9.17, 15) is 18.0 Å². The molecule has 1 atom stereocenters. The molecule has 0 aliphatic carbocycles. The minimum atomic E-state index is -4.38. The van der Waals surface area contributed by atoms with Crippen molar-refractivity contribution in [3.8, 4) is 16.3 Å². The fourth-order valence-electron chi connectivity index (χ4n) is 4.17. The number of alkyl halides is 3. The van der Waals surface area contributed by atoms with Crippen molar-refractivity contribution in [2.45, 2.75) is 49.4 Å². The van der Waals surface area contributed by atoms with Crippen molar-refractivity contribution in [2.24, 2.45) is 0 Å². The number of nitrogens with zero attached hydrogens (tertiary/aromatic N) is 1. The van der Waals surface area contributed by atoms with Crippen molar-refractivity contribution in [2.75, 3.05) is 6.61 Å². The van der Waals surface area contributed by atoms with Gasteiger partial charge in [-0.25, -0.2) is 9.78 Å². The van der Waals surface area contributed by atoms with E-state index in [4.69, 9.17) is 14.8 Å². The number of benzene rings is 3. The van der Waals surface area contributed by atoms with E-state index < -0.39 is 24.3 Å². The van der Waals surface area contributed by atoms with E-state index in [0.29, 0.717) is 16.3 Å². The molecule has 0 fully saturated rings. The summed E-state index contributed by atoms with van der Waals surface area (Å²) in [7, 11) is 0. The molecule has 1 heterocycles. The van der Waals surface area contributed by atoms with E-state index in [-0.39, 0.29) is 5.25 Å². The largest absolute Gasteiger partial charge is 0.482 e. The van der Waals surface area contributed by atoms with E-state index in [0.717, 1.165) is 52.4 Å². The van der Waals surface area contributed by atoms with Gasteiger partial charge >= 0.3 is 12.1 Å². The van der Waals surface area contributed by atoms with Gasteiger partial charge in [0, 0.05) is 20.6 Å². The first-order valence-electron chi connectivity index (χ1n) is 12.4. The molecule has 0 radical (unpaired) electrons. The maximum absolute atomic E-state index is 13.0. The highest BCUT2D eigenvalue weighted by molar-refractivity contribution is 7.99. The Labute approximate surface area is 233 Å². The third-order valence-corrected chi connectivity index (χ3v) is 8.89. The molecule has 4 rings (SSSR count). The number of aromatic nitrogens is 1. The molecule has 1 N–H and O–H groups in total. The Morgan fingerprint density at radius 2 is 1.77 bits per heavy atom. The molecule has 0 bridgehead atoms. The number of ether oxygens (including phenoxy) is 1. The standard InChI is InChI=1S/C30H28F3NO3S2/c1-19-17-24(15-16-25(19)37-18-27(35)36)38-26(10-6-9-21-7-4-3-5-8-21)28-20(2)34-29(39-28)22-11-13-23(14-12-22)30(31,32)33/h3-5,7-8,11-17,26H,6,9-10,18H2,1-2H3,(H,35,36). The van der Waals surface area contributed by atoms with E-state index in [2.05, 4.69) is 12.1 Å². The van der Waals surface area contributed by atoms with Crippen molar-refractivity contribution in [1.29, 1.82) is 0 Å². The summed E-state index contributed by atoms with van der Waals surface area (Å²) >= 11 is 3.22. The maximum atomic E-state index is 13.0. The van der Waals surface area contributed by atoms with Crippen LogP contribution in [0, 0.1) is 13.8 Å². The molecule has 3 aromatic carbocycles. The molecular formula is C30H28F3NO3S2. The number of aryl methyl sites for hydroxylation is 3. The number of carbonyl (C=O) groups is 1. The number of carboxylic acids is 1. The van der Waals surface area contributed by atoms with Crippen molar-refractivity contribution in [3.63, 3.8) is 0 Å². The zero-order valence-electron chi connectivity index (χ0n) is 21.5. The van der Waals surface area contributed by atoms with Gasteiger partial charge in [0.15, 0.2) is 6.61 Å². The Kier molecular flexibility index (Phi) is 9.35. The second-order valence-corrected chi connectivity index (χ2v) is 11.4. The molecule has 0 amide bonds. The molecule has 1 aromatic heterocycles.